The maximum Gasteiger partial charge on any atom is 0.307 e. The van der Waals surface area contributed by atoms with Gasteiger partial charge >= 0.3 is 5.97 Å². The highest BCUT2D eigenvalue weighted by atomic mass is 32.2. The monoisotopic (exact) mass is 489 g/mol. The number of fused-ring (bicyclic) bond motifs is 1. The van der Waals surface area contributed by atoms with Crippen molar-refractivity contribution < 1.29 is 22.7 Å². The zero-order chi connectivity index (χ0) is 24.4. The topological polar surface area (TPSA) is 121 Å². The molecule has 0 atom stereocenters. The number of hydrogen-bond acceptors (Lipinski definition) is 6. The van der Waals surface area contributed by atoms with Crippen LogP contribution in [0, 0.1) is 0 Å². The first-order chi connectivity index (χ1) is 15.4. The number of esters is 1. The molecular formula is C23H27N3O5S2. The molecular weight excluding hydrogens is 462 g/mol. The number of nitrogens with two attached hydrogens (primary N) is 1. The van der Waals surface area contributed by atoms with Crippen molar-refractivity contribution in [3.63, 3.8) is 0 Å². The van der Waals surface area contributed by atoms with E-state index < -0.39 is 15.9 Å². The van der Waals surface area contributed by atoms with Gasteiger partial charge in [-0.25, -0.2) is 13.6 Å². The molecule has 1 aromatic heterocycles. The number of carbonyl (C=O) groups is 2. The molecule has 3 aromatic rings. The summed E-state index contributed by atoms with van der Waals surface area (Å²) in [6.45, 7) is 8.49. The van der Waals surface area contributed by atoms with Crippen LogP contribution in [-0.2, 0) is 31.5 Å². The Labute approximate surface area is 196 Å². The fourth-order valence-corrected chi connectivity index (χ4v) is 4.94. The largest absolute Gasteiger partial charge is 0.466 e. The minimum absolute atomic E-state index is 0.0376. The lowest BCUT2D eigenvalue weighted by atomic mass is 9.87. The Morgan fingerprint density at radius 2 is 1.79 bits per heavy atom. The number of carbonyl (C=O) groups excluding carboxylic acids is 2. The van der Waals surface area contributed by atoms with Crippen molar-refractivity contribution in [3.8, 4) is 0 Å². The van der Waals surface area contributed by atoms with Gasteiger partial charge in [-0.1, -0.05) is 44.2 Å². The molecule has 8 nitrogen and oxygen atoms in total. The Balaban J connectivity index is 2.06. The van der Waals surface area contributed by atoms with Gasteiger partial charge in [0.05, 0.1) is 28.1 Å². The highest BCUT2D eigenvalue weighted by molar-refractivity contribution is 7.89. The molecule has 0 aliphatic rings. The van der Waals surface area contributed by atoms with Crippen molar-refractivity contribution in [1.29, 1.82) is 0 Å². The predicted octanol–water partition coefficient (Wildman–Crippen LogP) is 3.34. The van der Waals surface area contributed by atoms with Gasteiger partial charge in [0.15, 0.2) is 4.80 Å². The Kier molecular flexibility index (Phi) is 7.20. The van der Waals surface area contributed by atoms with Crippen molar-refractivity contribution in [2.24, 2.45) is 10.1 Å². The van der Waals surface area contributed by atoms with E-state index >= 15 is 0 Å². The van der Waals surface area contributed by atoms with E-state index in [2.05, 4.69) is 25.8 Å². The Morgan fingerprint density at radius 1 is 1.12 bits per heavy atom. The Bertz CT molecular complexity index is 1360. The number of sulfonamides is 1. The minimum atomic E-state index is -3.89. The van der Waals surface area contributed by atoms with E-state index in [4.69, 9.17) is 9.88 Å². The summed E-state index contributed by atoms with van der Waals surface area (Å²) in [5.74, 6) is -0.806. The molecule has 2 aromatic carbocycles. The van der Waals surface area contributed by atoms with E-state index in [-0.39, 0.29) is 35.9 Å². The molecule has 33 heavy (non-hydrogen) atoms. The van der Waals surface area contributed by atoms with Crippen LogP contribution < -0.4 is 9.94 Å². The van der Waals surface area contributed by atoms with Gasteiger partial charge in [-0.05, 0) is 48.2 Å². The number of rotatable bonds is 6. The number of ether oxygens (including phenoxy) is 1. The van der Waals surface area contributed by atoms with Gasteiger partial charge in [-0.15, -0.1) is 0 Å². The van der Waals surface area contributed by atoms with Crippen LogP contribution in [0.3, 0.4) is 0 Å². The third-order valence-corrected chi connectivity index (χ3v) is 6.97. The quantitative estimate of drug-likeness (QED) is 0.532. The van der Waals surface area contributed by atoms with Gasteiger partial charge in [-0.3, -0.25) is 9.59 Å². The molecule has 10 heteroatoms. The second-order valence-electron chi connectivity index (χ2n) is 8.51. The lowest BCUT2D eigenvalue weighted by Crippen LogP contribution is -2.19. The van der Waals surface area contributed by atoms with Gasteiger partial charge in [0, 0.05) is 12.1 Å². The maximum atomic E-state index is 12.9. The van der Waals surface area contributed by atoms with E-state index in [0.29, 0.717) is 20.6 Å². The first-order valence-electron chi connectivity index (χ1n) is 10.4. The average molecular weight is 490 g/mol. The number of thiazole rings is 1. The standard InChI is InChI=1S/C23H27N3O5S2/c1-5-31-20(27)12-13-26-18-11-10-17(33(24,29)30)14-19(18)32-22(26)25-21(28)15-6-8-16(9-7-15)23(2,3)4/h6-11,14H,5,12-13H2,1-4H3,(H2,24,29,30). The van der Waals surface area contributed by atoms with Gasteiger partial charge in [0.1, 0.15) is 0 Å². The molecule has 1 amide bonds. The summed E-state index contributed by atoms with van der Waals surface area (Å²) >= 11 is 1.15. The first kappa shape index (κ1) is 24.8. The smallest absolute Gasteiger partial charge is 0.307 e. The first-order valence-corrected chi connectivity index (χ1v) is 12.8. The minimum Gasteiger partial charge on any atom is -0.466 e. The van der Waals surface area contributed by atoms with Crippen molar-refractivity contribution in [1.82, 2.24) is 4.57 Å². The van der Waals surface area contributed by atoms with Crippen LogP contribution in [0.15, 0.2) is 52.4 Å². The molecule has 2 N–H and O–H groups in total. The summed E-state index contributed by atoms with van der Waals surface area (Å²) in [7, 11) is -3.89. The van der Waals surface area contributed by atoms with Gasteiger partial charge < -0.3 is 9.30 Å². The summed E-state index contributed by atoms with van der Waals surface area (Å²) in [5.41, 5.74) is 2.14. The predicted molar refractivity (Wildman–Crippen MR) is 127 cm³/mol. The number of nitrogens with zero attached hydrogens (tertiary/aromatic N) is 2. The van der Waals surface area contributed by atoms with Crippen LogP contribution in [0.4, 0.5) is 0 Å². The number of hydrogen-bond donors (Lipinski definition) is 1. The van der Waals surface area contributed by atoms with Crippen molar-refractivity contribution >= 4 is 43.5 Å². The van der Waals surface area contributed by atoms with E-state index in [1.165, 1.54) is 12.1 Å². The fraction of sp³-hybridized carbons (Fsp3) is 0.348. The zero-order valence-electron chi connectivity index (χ0n) is 19.0. The molecule has 0 aliphatic heterocycles. The molecule has 0 saturated heterocycles. The van der Waals surface area contributed by atoms with Crippen LogP contribution in [0.2, 0.25) is 0 Å². The summed E-state index contributed by atoms with van der Waals surface area (Å²) in [4.78, 5) is 29.4. The van der Waals surface area contributed by atoms with Gasteiger partial charge in [0.25, 0.3) is 5.91 Å². The molecule has 1 heterocycles. The van der Waals surface area contributed by atoms with Crippen LogP contribution in [0.1, 0.15) is 50.0 Å². The van der Waals surface area contributed by atoms with E-state index in [0.717, 1.165) is 16.9 Å². The molecule has 0 bridgehead atoms. The highest BCUT2D eigenvalue weighted by Gasteiger charge is 2.16. The lowest BCUT2D eigenvalue weighted by molar-refractivity contribution is -0.143. The molecule has 176 valence electrons. The van der Waals surface area contributed by atoms with Crippen molar-refractivity contribution in [3.05, 3.63) is 58.4 Å². The van der Waals surface area contributed by atoms with E-state index in [9.17, 15) is 18.0 Å². The van der Waals surface area contributed by atoms with E-state index in [1.54, 1.807) is 29.7 Å². The second kappa shape index (κ2) is 9.58. The van der Waals surface area contributed by atoms with Gasteiger partial charge in [0.2, 0.25) is 10.0 Å². The fourth-order valence-electron chi connectivity index (χ4n) is 3.23. The molecule has 0 spiro atoms. The zero-order valence-corrected chi connectivity index (χ0v) is 20.6. The average Bonchev–Trinajstić information content (AvgIpc) is 3.07. The molecule has 0 radical (unpaired) electrons. The normalized spacial score (nSPS) is 12.8. The summed E-state index contributed by atoms with van der Waals surface area (Å²) in [6.07, 6.45) is 0.0816. The Morgan fingerprint density at radius 3 is 2.36 bits per heavy atom. The Hall–Kier alpha value is -2.82. The van der Waals surface area contributed by atoms with Crippen LogP contribution >= 0.6 is 11.3 Å². The lowest BCUT2D eigenvalue weighted by Gasteiger charge is -2.18. The molecule has 3 rings (SSSR count). The number of benzene rings is 2. The third-order valence-electron chi connectivity index (χ3n) is 5.02. The second-order valence-corrected chi connectivity index (χ2v) is 11.1. The van der Waals surface area contributed by atoms with E-state index in [1.807, 2.05) is 12.1 Å². The molecule has 0 fully saturated rings. The SMILES string of the molecule is CCOC(=O)CCn1c(=NC(=O)c2ccc(C(C)(C)C)cc2)sc2cc(S(N)(=O)=O)ccc21. The third kappa shape index (κ3) is 5.95. The van der Waals surface area contributed by atoms with Crippen molar-refractivity contribution in [2.45, 2.75) is 51.0 Å². The number of aromatic nitrogens is 1. The highest BCUT2D eigenvalue weighted by Crippen LogP contribution is 2.23. The molecule has 0 unspecified atom stereocenters. The van der Waals surface area contributed by atoms with Crippen LogP contribution in [-0.4, -0.2) is 31.5 Å². The van der Waals surface area contributed by atoms with Gasteiger partial charge in [-0.2, -0.15) is 4.99 Å². The molecule has 0 saturated carbocycles. The van der Waals surface area contributed by atoms with Crippen LogP contribution in [0.25, 0.3) is 10.2 Å². The number of primary sulfonamides is 1. The van der Waals surface area contributed by atoms with Crippen molar-refractivity contribution in [2.75, 3.05) is 6.61 Å². The van der Waals surface area contributed by atoms with Crippen LogP contribution in [0.5, 0.6) is 0 Å². The number of amides is 1. The molecule has 0 aliphatic carbocycles. The summed E-state index contributed by atoms with van der Waals surface area (Å²) in [5, 5.41) is 5.26. The summed E-state index contributed by atoms with van der Waals surface area (Å²) in [6, 6.07) is 11.7. The number of aryl methyl sites for hydroxylation is 1. The maximum absolute atomic E-state index is 12.9. The summed E-state index contributed by atoms with van der Waals surface area (Å²) < 4.78 is 30.8.